The quantitative estimate of drug-likeness (QED) is 0.627. The number of amides is 1. The predicted octanol–water partition coefficient (Wildman–Crippen LogP) is 5.03. The normalized spacial score (nSPS) is 27.6. The van der Waals surface area contributed by atoms with Crippen molar-refractivity contribution >= 4 is 15.7 Å². The molecule has 2 fully saturated rings. The van der Waals surface area contributed by atoms with E-state index in [1.165, 1.54) is 0 Å². The van der Waals surface area contributed by atoms with E-state index in [0.717, 1.165) is 12.1 Å². The minimum absolute atomic E-state index is 0.0245. The fourth-order valence-corrected chi connectivity index (χ4v) is 5.87. The standard InChI is InChI=1S/C20H23F6NO3S/c21-18(22)8-4-13(5-9-18)17(28)27-15-6-10-19(23,11-7-15)31(29,30)16-3-1-2-14(12-16)20(24,25)26/h1-3,12-13,15H,4-11H2,(H,27,28). The maximum Gasteiger partial charge on any atom is 0.416 e. The third-order valence-corrected chi connectivity index (χ3v) is 8.37. The number of alkyl halides is 6. The monoisotopic (exact) mass is 471 g/mol. The number of sulfone groups is 1. The molecule has 1 aromatic rings. The Balaban J connectivity index is 1.63. The lowest BCUT2D eigenvalue weighted by molar-refractivity contribution is -0.137. The van der Waals surface area contributed by atoms with Crippen LogP contribution in [0.5, 0.6) is 0 Å². The molecule has 0 saturated heterocycles. The topological polar surface area (TPSA) is 63.2 Å². The van der Waals surface area contributed by atoms with Crippen LogP contribution in [0.2, 0.25) is 0 Å². The van der Waals surface area contributed by atoms with Gasteiger partial charge in [-0.2, -0.15) is 13.2 Å². The van der Waals surface area contributed by atoms with E-state index in [2.05, 4.69) is 5.32 Å². The molecule has 1 amide bonds. The number of carbonyl (C=O) groups is 1. The molecule has 1 N–H and O–H groups in total. The van der Waals surface area contributed by atoms with E-state index in [1.807, 2.05) is 0 Å². The van der Waals surface area contributed by atoms with Crippen molar-refractivity contribution in [2.75, 3.05) is 0 Å². The third kappa shape index (κ3) is 5.18. The molecule has 31 heavy (non-hydrogen) atoms. The number of nitrogens with one attached hydrogen (secondary N) is 1. The number of rotatable bonds is 4. The average molecular weight is 471 g/mol. The lowest BCUT2D eigenvalue weighted by Gasteiger charge is -2.35. The number of benzene rings is 1. The van der Waals surface area contributed by atoms with Crippen molar-refractivity contribution in [1.82, 2.24) is 5.32 Å². The first-order chi connectivity index (χ1) is 14.2. The summed E-state index contributed by atoms with van der Waals surface area (Å²) in [6, 6.07) is 2.45. The zero-order valence-electron chi connectivity index (χ0n) is 16.5. The van der Waals surface area contributed by atoms with E-state index >= 15 is 4.39 Å². The molecule has 2 saturated carbocycles. The van der Waals surface area contributed by atoms with E-state index in [-0.39, 0.29) is 38.5 Å². The van der Waals surface area contributed by atoms with Crippen LogP contribution in [-0.2, 0) is 20.8 Å². The van der Waals surface area contributed by atoms with Crippen LogP contribution < -0.4 is 5.32 Å². The highest BCUT2D eigenvalue weighted by Crippen LogP contribution is 2.42. The summed E-state index contributed by atoms with van der Waals surface area (Å²) >= 11 is 0. The number of carbonyl (C=O) groups excluding carboxylic acids is 1. The van der Waals surface area contributed by atoms with Crippen molar-refractivity contribution in [1.29, 1.82) is 0 Å². The van der Waals surface area contributed by atoms with Crippen LogP contribution in [-0.4, -0.2) is 31.3 Å². The fourth-order valence-electron chi connectivity index (χ4n) is 4.13. The van der Waals surface area contributed by atoms with Crippen molar-refractivity contribution in [3.63, 3.8) is 0 Å². The van der Waals surface area contributed by atoms with Crippen molar-refractivity contribution in [2.45, 2.75) is 79.4 Å². The summed E-state index contributed by atoms with van der Waals surface area (Å²) in [4.78, 5) is 11.6. The zero-order chi connectivity index (χ0) is 23.1. The summed E-state index contributed by atoms with van der Waals surface area (Å²) in [7, 11) is -4.69. The van der Waals surface area contributed by atoms with Crippen molar-refractivity contribution < 1.29 is 39.6 Å². The first-order valence-corrected chi connectivity index (χ1v) is 11.5. The molecule has 0 unspecified atom stereocenters. The first kappa shape index (κ1) is 23.9. The summed E-state index contributed by atoms with van der Waals surface area (Å²) in [5.41, 5.74) is -1.18. The Labute approximate surface area is 176 Å². The van der Waals surface area contributed by atoms with Gasteiger partial charge < -0.3 is 5.32 Å². The second-order valence-corrected chi connectivity index (χ2v) is 10.5. The van der Waals surface area contributed by atoms with Gasteiger partial charge in [-0.3, -0.25) is 4.79 Å². The van der Waals surface area contributed by atoms with E-state index in [0.29, 0.717) is 12.1 Å². The molecule has 11 heteroatoms. The van der Waals surface area contributed by atoms with Crippen molar-refractivity contribution in [2.24, 2.45) is 5.92 Å². The molecule has 0 bridgehead atoms. The van der Waals surface area contributed by atoms with Crippen LogP contribution in [0.15, 0.2) is 29.2 Å². The molecule has 0 atom stereocenters. The minimum Gasteiger partial charge on any atom is -0.353 e. The highest BCUT2D eigenvalue weighted by Gasteiger charge is 2.48. The highest BCUT2D eigenvalue weighted by atomic mass is 32.2. The molecular weight excluding hydrogens is 448 g/mol. The van der Waals surface area contributed by atoms with E-state index in [4.69, 9.17) is 0 Å². The molecule has 0 heterocycles. The zero-order valence-corrected chi connectivity index (χ0v) is 17.3. The van der Waals surface area contributed by atoms with Crippen molar-refractivity contribution in [3.05, 3.63) is 29.8 Å². The van der Waals surface area contributed by atoms with Gasteiger partial charge in [0.2, 0.25) is 26.7 Å². The SMILES string of the molecule is O=C(NC1CCC(F)(S(=O)(=O)c2cccc(C(F)(F)F)c2)CC1)C1CCC(F)(F)CC1. The van der Waals surface area contributed by atoms with E-state index in [1.54, 1.807) is 0 Å². The van der Waals surface area contributed by atoms with Gasteiger partial charge in [-0.15, -0.1) is 0 Å². The van der Waals surface area contributed by atoms with Gasteiger partial charge in [0.15, 0.2) is 0 Å². The molecule has 174 valence electrons. The van der Waals surface area contributed by atoms with Crippen LogP contribution >= 0.6 is 0 Å². The Morgan fingerprint density at radius 2 is 1.55 bits per heavy atom. The molecule has 0 aromatic heterocycles. The van der Waals surface area contributed by atoms with Gasteiger partial charge >= 0.3 is 6.18 Å². The largest absolute Gasteiger partial charge is 0.416 e. The summed E-state index contributed by atoms with van der Waals surface area (Å²) in [5.74, 6) is -3.74. The minimum atomic E-state index is -4.76. The van der Waals surface area contributed by atoms with Gasteiger partial charge in [0, 0.05) is 24.8 Å². The summed E-state index contributed by atoms with van der Waals surface area (Å²) in [6.07, 6.45) is -6.45. The number of hydrogen-bond donors (Lipinski definition) is 1. The molecular formula is C20H23F6NO3S. The molecule has 2 aliphatic carbocycles. The van der Waals surface area contributed by atoms with E-state index in [9.17, 15) is 35.2 Å². The van der Waals surface area contributed by atoms with Crippen LogP contribution in [0, 0.1) is 5.92 Å². The molecule has 0 spiro atoms. The Hall–Kier alpha value is -1.78. The van der Waals surface area contributed by atoms with Crippen LogP contribution in [0.25, 0.3) is 0 Å². The molecule has 2 aliphatic rings. The summed E-state index contributed by atoms with van der Waals surface area (Å²) in [5, 5.41) is -0.0649. The van der Waals surface area contributed by atoms with Crippen molar-refractivity contribution in [3.8, 4) is 0 Å². The Kier molecular flexibility index (Phi) is 6.38. The molecule has 3 rings (SSSR count). The first-order valence-electron chi connectivity index (χ1n) is 10.0. The van der Waals surface area contributed by atoms with Gasteiger partial charge in [0.25, 0.3) is 0 Å². The van der Waals surface area contributed by atoms with Gasteiger partial charge in [0.05, 0.1) is 10.5 Å². The summed E-state index contributed by atoms with van der Waals surface area (Å²) < 4.78 is 106. The number of halogens is 6. The van der Waals surface area contributed by atoms with Gasteiger partial charge in [0.1, 0.15) is 0 Å². The maximum absolute atomic E-state index is 15.3. The van der Waals surface area contributed by atoms with Crippen LogP contribution in [0.3, 0.4) is 0 Å². The van der Waals surface area contributed by atoms with Crippen LogP contribution in [0.1, 0.15) is 56.9 Å². The Bertz CT molecular complexity index is 913. The molecule has 4 nitrogen and oxygen atoms in total. The number of hydrogen-bond acceptors (Lipinski definition) is 3. The van der Waals surface area contributed by atoms with Gasteiger partial charge in [-0.25, -0.2) is 21.6 Å². The highest BCUT2D eigenvalue weighted by molar-refractivity contribution is 7.92. The molecule has 1 aromatic carbocycles. The second-order valence-electron chi connectivity index (χ2n) is 8.33. The summed E-state index contributed by atoms with van der Waals surface area (Å²) in [6.45, 7) is 0. The fraction of sp³-hybridized carbons (Fsp3) is 0.650. The maximum atomic E-state index is 15.3. The van der Waals surface area contributed by atoms with Gasteiger partial charge in [-0.05, 0) is 56.7 Å². The second kappa shape index (κ2) is 8.29. The van der Waals surface area contributed by atoms with Crippen LogP contribution in [0.4, 0.5) is 26.3 Å². The lowest BCUT2D eigenvalue weighted by atomic mass is 9.85. The Morgan fingerprint density at radius 1 is 0.968 bits per heavy atom. The molecule has 0 radical (unpaired) electrons. The van der Waals surface area contributed by atoms with Gasteiger partial charge in [-0.1, -0.05) is 6.07 Å². The average Bonchev–Trinajstić information content (AvgIpc) is 2.69. The lowest BCUT2D eigenvalue weighted by Crippen LogP contribution is -2.47. The van der Waals surface area contributed by atoms with E-state index < -0.39 is 68.1 Å². The predicted molar refractivity (Wildman–Crippen MR) is 99.8 cm³/mol. The smallest absolute Gasteiger partial charge is 0.353 e. The molecule has 0 aliphatic heterocycles. The third-order valence-electron chi connectivity index (χ3n) is 6.12. The Morgan fingerprint density at radius 3 is 2.10 bits per heavy atom.